The summed E-state index contributed by atoms with van der Waals surface area (Å²) in [6.07, 6.45) is 1.65. The monoisotopic (exact) mass is 281 g/mol. The molecule has 0 fully saturated rings. The molecule has 0 aliphatic carbocycles. The van der Waals surface area contributed by atoms with Crippen molar-refractivity contribution in [3.63, 3.8) is 0 Å². The normalized spacial score (nSPS) is 15.0. The molecule has 0 bridgehead atoms. The molecule has 1 rings (SSSR count). The highest BCUT2D eigenvalue weighted by Gasteiger charge is 2.28. The van der Waals surface area contributed by atoms with E-state index in [2.05, 4.69) is 5.32 Å². The van der Waals surface area contributed by atoms with Crippen LogP contribution in [0.2, 0.25) is 0 Å². The topological polar surface area (TPSA) is 64.6 Å². The standard InChI is InChI=1S/C15H23NO4/c1-5-12-10(14(17)19-7-3)9-11(13(6-2)16-12)15(18)20-8-4/h16H,5-9H2,1-4H3. The molecule has 20 heavy (non-hydrogen) atoms. The molecule has 5 heteroatoms. The first-order valence-corrected chi connectivity index (χ1v) is 7.14. The summed E-state index contributed by atoms with van der Waals surface area (Å²) >= 11 is 0. The van der Waals surface area contributed by atoms with Gasteiger partial charge < -0.3 is 14.8 Å². The average Bonchev–Trinajstić information content (AvgIpc) is 2.46. The fourth-order valence-corrected chi connectivity index (χ4v) is 2.15. The second-order valence-corrected chi connectivity index (χ2v) is 4.36. The average molecular weight is 281 g/mol. The zero-order valence-corrected chi connectivity index (χ0v) is 12.7. The molecule has 1 aliphatic heterocycles. The zero-order valence-electron chi connectivity index (χ0n) is 12.7. The fourth-order valence-electron chi connectivity index (χ4n) is 2.15. The number of dihydropyridines is 1. The quantitative estimate of drug-likeness (QED) is 0.757. The van der Waals surface area contributed by atoms with Crippen LogP contribution in [0.4, 0.5) is 0 Å². The number of hydrogen-bond donors (Lipinski definition) is 1. The Labute approximate surface area is 120 Å². The van der Waals surface area contributed by atoms with E-state index in [9.17, 15) is 9.59 Å². The van der Waals surface area contributed by atoms with Crippen molar-refractivity contribution in [1.82, 2.24) is 5.32 Å². The molecule has 0 spiro atoms. The van der Waals surface area contributed by atoms with Crippen molar-refractivity contribution in [2.75, 3.05) is 13.2 Å². The molecule has 0 saturated carbocycles. The molecule has 0 unspecified atom stereocenters. The SMILES string of the molecule is CCOC(=O)C1=C(CC)NC(CC)=C(C(=O)OCC)C1. The minimum absolute atomic E-state index is 0.275. The largest absolute Gasteiger partial charge is 0.463 e. The predicted octanol–water partition coefficient (Wildman–Crippen LogP) is 2.43. The highest BCUT2D eigenvalue weighted by Crippen LogP contribution is 2.27. The van der Waals surface area contributed by atoms with Gasteiger partial charge in [0, 0.05) is 17.8 Å². The molecule has 112 valence electrons. The number of rotatable bonds is 6. The van der Waals surface area contributed by atoms with Gasteiger partial charge in [-0.15, -0.1) is 0 Å². The van der Waals surface area contributed by atoms with Gasteiger partial charge in [0.2, 0.25) is 0 Å². The van der Waals surface area contributed by atoms with E-state index in [0.29, 0.717) is 37.2 Å². The second-order valence-electron chi connectivity index (χ2n) is 4.36. The second kappa shape index (κ2) is 7.72. The van der Waals surface area contributed by atoms with Gasteiger partial charge in [0.25, 0.3) is 0 Å². The summed E-state index contributed by atoms with van der Waals surface area (Å²) in [5.74, 6) is -0.734. The molecule has 1 heterocycles. The number of esters is 2. The van der Waals surface area contributed by atoms with E-state index < -0.39 is 0 Å². The van der Waals surface area contributed by atoms with Crippen molar-refractivity contribution in [2.45, 2.75) is 47.0 Å². The third-order valence-corrected chi connectivity index (χ3v) is 3.13. The Morgan fingerprint density at radius 1 is 0.900 bits per heavy atom. The molecule has 0 atom stereocenters. The van der Waals surface area contributed by atoms with Gasteiger partial charge in [-0.3, -0.25) is 0 Å². The summed E-state index contributed by atoms with van der Waals surface area (Å²) < 4.78 is 10.1. The Hall–Kier alpha value is -1.78. The first-order valence-electron chi connectivity index (χ1n) is 7.14. The lowest BCUT2D eigenvalue weighted by molar-refractivity contribution is -0.139. The van der Waals surface area contributed by atoms with Gasteiger partial charge in [0.1, 0.15) is 0 Å². The highest BCUT2D eigenvalue weighted by atomic mass is 16.5. The number of carbonyl (C=O) groups excluding carboxylic acids is 2. The third kappa shape index (κ3) is 3.62. The van der Waals surface area contributed by atoms with Crippen LogP contribution < -0.4 is 5.32 Å². The third-order valence-electron chi connectivity index (χ3n) is 3.13. The van der Waals surface area contributed by atoms with Crippen LogP contribution in [0.1, 0.15) is 47.0 Å². The fraction of sp³-hybridized carbons (Fsp3) is 0.600. The maximum absolute atomic E-state index is 12.0. The number of carbonyl (C=O) groups is 2. The van der Waals surface area contributed by atoms with Gasteiger partial charge >= 0.3 is 11.9 Å². The van der Waals surface area contributed by atoms with Gasteiger partial charge in [-0.25, -0.2) is 9.59 Å². The molecule has 0 radical (unpaired) electrons. The Balaban J connectivity index is 3.05. The minimum atomic E-state index is -0.367. The maximum atomic E-state index is 12.0. The van der Waals surface area contributed by atoms with Crippen molar-refractivity contribution >= 4 is 11.9 Å². The van der Waals surface area contributed by atoms with Crippen LogP contribution in [0.5, 0.6) is 0 Å². The smallest absolute Gasteiger partial charge is 0.336 e. The zero-order chi connectivity index (χ0) is 15.1. The molecule has 0 amide bonds. The van der Waals surface area contributed by atoms with Crippen LogP contribution >= 0.6 is 0 Å². The van der Waals surface area contributed by atoms with E-state index in [0.717, 1.165) is 11.4 Å². The van der Waals surface area contributed by atoms with E-state index in [-0.39, 0.29) is 18.4 Å². The van der Waals surface area contributed by atoms with Gasteiger partial charge in [-0.05, 0) is 26.7 Å². The summed E-state index contributed by atoms with van der Waals surface area (Å²) in [6.45, 7) is 8.09. The maximum Gasteiger partial charge on any atom is 0.336 e. The van der Waals surface area contributed by atoms with Gasteiger partial charge in [0.05, 0.1) is 24.4 Å². The van der Waals surface area contributed by atoms with Crippen molar-refractivity contribution < 1.29 is 19.1 Å². The summed E-state index contributed by atoms with van der Waals surface area (Å²) in [4.78, 5) is 24.0. The first kappa shape index (κ1) is 16.3. The van der Waals surface area contributed by atoms with Crippen molar-refractivity contribution in [1.29, 1.82) is 0 Å². The molecule has 1 aliphatic rings. The molecule has 0 aromatic carbocycles. The molecule has 5 nitrogen and oxygen atoms in total. The number of allylic oxidation sites excluding steroid dienone is 2. The Bertz CT molecular complexity index is 409. The van der Waals surface area contributed by atoms with Crippen LogP contribution in [0, 0.1) is 0 Å². The van der Waals surface area contributed by atoms with Crippen molar-refractivity contribution in [3.8, 4) is 0 Å². The number of ether oxygens (including phenoxy) is 2. The number of hydrogen-bond acceptors (Lipinski definition) is 5. The summed E-state index contributed by atoms with van der Waals surface area (Å²) in [5, 5.41) is 3.19. The molecule has 0 aromatic heterocycles. The highest BCUT2D eigenvalue weighted by molar-refractivity contribution is 5.96. The van der Waals surface area contributed by atoms with Crippen LogP contribution in [0.3, 0.4) is 0 Å². The molecular formula is C15H23NO4. The lowest BCUT2D eigenvalue weighted by Crippen LogP contribution is -2.28. The van der Waals surface area contributed by atoms with E-state index in [1.165, 1.54) is 0 Å². The Kier molecular flexibility index (Phi) is 6.28. The van der Waals surface area contributed by atoms with E-state index >= 15 is 0 Å². The lowest BCUT2D eigenvalue weighted by Gasteiger charge is -2.25. The molecule has 0 aromatic rings. The first-order chi connectivity index (χ1) is 9.58. The van der Waals surface area contributed by atoms with E-state index in [1.807, 2.05) is 13.8 Å². The van der Waals surface area contributed by atoms with E-state index in [4.69, 9.17) is 9.47 Å². The number of nitrogens with one attached hydrogen (secondary N) is 1. The molecular weight excluding hydrogens is 258 g/mol. The van der Waals surface area contributed by atoms with E-state index in [1.54, 1.807) is 13.8 Å². The lowest BCUT2D eigenvalue weighted by atomic mass is 9.95. The van der Waals surface area contributed by atoms with Crippen molar-refractivity contribution in [2.24, 2.45) is 0 Å². The van der Waals surface area contributed by atoms with Gasteiger partial charge in [0.15, 0.2) is 0 Å². The van der Waals surface area contributed by atoms with Crippen LogP contribution in [-0.2, 0) is 19.1 Å². The van der Waals surface area contributed by atoms with Gasteiger partial charge in [-0.2, -0.15) is 0 Å². The van der Waals surface area contributed by atoms with Crippen LogP contribution in [-0.4, -0.2) is 25.2 Å². The summed E-state index contributed by atoms with van der Waals surface area (Å²) in [5.41, 5.74) is 2.70. The summed E-state index contributed by atoms with van der Waals surface area (Å²) in [6, 6.07) is 0. The molecule has 0 saturated heterocycles. The minimum Gasteiger partial charge on any atom is -0.463 e. The van der Waals surface area contributed by atoms with Crippen LogP contribution in [0.25, 0.3) is 0 Å². The predicted molar refractivity (Wildman–Crippen MR) is 75.7 cm³/mol. The van der Waals surface area contributed by atoms with Gasteiger partial charge in [-0.1, -0.05) is 13.8 Å². The summed E-state index contributed by atoms with van der Waals surface area (Å²) in [7, 11) is 0. The Morgan fingerprint density at radius 3 is 1.60 bits per heavy atom. The molecule has 1 N–H and O–H groups in total. The van der Waals surface area contributed by atoms with Crippen LogP contribution in [0.15, 0.2) is 22.5 Å². The Morgan fingerprint density at radius 2 is 1.30 bits per heavy atom. The van der Waals surface area contributed by atoms with Crippen molar-refractivity contribution in [3.05, 3.63) is 22.5 Å².